The molecule has 0 bridgehead atoms. The van der Waals surface area contributed by atoms with Crippen molar-refractivity contribution in [1.82, 2.24) is 4.90 Å². The highest BCUT2D eigenvalue weighted by atomic mass is 35.5. The normalized spacial score (nSPS) is 30.7. The number of aromatic hydroxyl groups is 1. The number of nitrogens with zero attached hydrogens (tertiary/aromatic N) is 2. The standard InChI is InChI=1S/C32H28Cl2F2N2O7/c33-31-15-21-19(10-11-20-25(21)28(43)37(27(20)42)13-3-1-2-4-24(40)41)26(16-5-12-23(39)22(36)14-16)32(31,34)30(45)38(29(31)44)18-8-6-17(35)7-9-18/h5-10,12,14,20-21,25-26,39H,1-4,11,13,15H2,(H,40,41). The number of fused-ring (bicyclic) bond motifs is 4. The number of carbonyl (C=O) groups is 5. The molecule has 2 aromatic rings. The first-order chi connectivity index (χ1) is 21.3. The van der Waals surface area contributed by atoms with Gasteiger partial charge in [-0.05, 0) is 73.6 Å². The molecule has 0 aromatic heterocycles. The summed E-state index contributed by atoms with van der Waals surface area (Å²) in [5, 5.41) is 18.8. The highest BCUT2D eigenvalue weighted by Crippen LogP contribution is 2.65. The van der Waals surface area contributed by atoms with Gasteiger partial charge < -0.3 is 10.2 Å². The summed E-state index contributed by atoms with van der Waals surface area (Å²) in [6.45, 7) is 0.0974. The molecule has 1 saturated carbocycles. The Kier molecular flexibility index (Phi) is 7.76. The van der Waals surface area contributed by atoms with Gasteiger partial charge in [-0.2, -0.15) is 0 Å². The minimum atomic E-state index is -2.21. The Morgan fingerprint density at radius 1 is 0.933 bits per heavy atom. The number of likely N-dealkylation sites (tertiary alicyclic amines) is 1. The number of halogens is 4. The highest BCUT2D eigenvalue weighted by Gasteiger charge is 2.76. The van der Waals surface area contributed by atoms with E-state index in [2.05, 4.69) is 0 Å². The van der Waals surface area contributed by atoms with Gasteiger partial charge in [0.15, 0.2) is 21.3 Å². The molecular weight excluding hydrogens is 633 g/mol. The monoisotopic (exact) mass is 660 g/mol. The number of benzene rings is 2. The number of phenols is 1. The highest BCUT2D eigenvalue weighted by molar-refractivity contribution is 6.58. The third-order valence-corrected chi connectivity index (χ3v) is 11.0. The summed E-state index contributed by atoms with van der Waals surface area (Å²) in [6.07, 6.45) is 2.83. The van der Waals surface area contributed by atoms with Crippen molar-refractivity contribution in [1.29, 1.82) is 0 Å². The number of amides is 4. The smallest absolute Gasteiger partial charge is 0.303 e. The minimum absolute atomic E-state index is 0.0208. The SMILES string of the molecule is O=C(O)CCCCCN1C(=O)C2CC=C3C(CC4(Cl)C(=O)N(c5ccc(F)cc5)C(=O)C4(Cl)C3c3ccc(O)c(F)c3)C2C1=O. The van der Waals surface area contributed by atoms with Gasteiger partial charge in [0.2, 0.25) is 11.8 Å². The lowest BCUT2D eigenvalue weighted by Gasteiger charge is -2.50. The maximum atomic E-state index is 14.8. The zero-order valence-corrected chi connectivity index (χ0v) is 25.2. The molecule has 6 unspecified atom stereocenters. The molecule has 236 valence electrons. The number of imide groups is 2. The second-order valence-corrected chi connectivity index (χ2v) is 13.2. The van der Waals surface area contributed by atoms with E-state index in [1.54, 1.807) is 6.08 Å². The number of unbranched alkanes of at least 4 members (excludes halogenated alkanes) is 2. The van der Waals surface area contributed by atoms with Crippen molar-refractivity contribution < 1.29 is 43.0 Å². The van der Waals surface area contributed by atoms with Crippen molar-refractivity contribution in [3.05, 3.63) is 71.3 Å². The van der Waals surface area contributed by atoms with E-state index in [4.69, 9.17) is 28.3 Å². The summed E-state index contributed by atoms with van der Waals surface area (Å²) >= 11 is 14.4. The summed E-state index contributed by atoms with van der Waals surface area (Å²) in [5.74, 6) is -9.60. The Morgan fingerprint density at radius 2 is 1.64 bits per heavy atom. The molecule has 6 rings (SSSR count). The first-order valence-electron chi connectivity index (χ1n) is 14.6. The summed E-state index contributed by atoms with van der Waals surface area (Å²) in [5.41, 5.74) is 0.612. The molecule has 13 heteroatoms. The van der Waals surface area contributed by atoms with Gasteiger partial charge in [0.25, 0.3) is 11.8 Å². The van der Waals surface area contributed by atoms with Crippen LogP contribution in [-0.4, -0.2) is 61.0 Å². The summed E-state index contributed by atoms with van der Waals surface area (Å²) < 4.78 is 28.5. The van der Waals surface area contributed by atoms with E-state index < -0.39 is 74.5 Å². The summed E-state index contributed by atoms with van der Waals surface area (Å²) in [4.78, 5) is 64.1. The first kappa shape index (κ1) is 31.2. The van der Waals surface area contributed by atoms with E-state index in [1.165, 1.54) is 18.2 Å². The van der Waals surface area contributed by atoms with Gasteiger partial charge in [-0.15, -0.1) is 23.2 Å². The van der Waals surface area contributed by atoms with Crippen LogP contribution in [0.2, 0.25) is 0 Å². The van der Waals surface area contributed by atoms with E-state index in [9.17, 15) is 37.9 Å². The third kappa shape index (κ3) is 4.65. The van der Waals surface area contributed by atoms with Crippen LogP contribution in [0.1, 0.15) is 50.0 Å². The third-order valence-electron chi connectivity index (χ3n) is 9.56. The molecule has 2 N–H and O–H groups in total. The molecular formula is C32H28Cl2F2N2O7. The fraction of sp³-hybridized carbons (Fsp3) is 0.406. The number of anilines is 1. The number of carbonyl (C=O) groups excluding carboxylic acids is 4. The average molecular weight is 661 g/mol. The number of rotatable bonds is 8. The molecule has 3 fully saturated rings. The van der Waals surface area contributed by atoms with Crippen molar-refractivity contribution in [3.63, 3.8) is 0 Å². The maximum Gasteiger partial charge on any atom is 0.303 e. The Balaban J connectivity index is 1.42. The minimum Gasteiger partial charge on any atom is -0.505 e. The van der Waals surface area contributed by atoms with E-state index in [0.29, 0.717) is 24.8 Å². The number of hydrogen-bond acceptors (Lipinski definition) is 6. The lowest BCUT2D eigenvalue weighted by molar-refractivity contribution is -0.141. The van der Waals surface area contributed by atoms with E-state index in [0.717, 1.165) is 34.1 Å². The quantitative estimate of drug-likeness (QED) is 0.179. The van der Waals surface area contributed by atoms with Gasteiger partial charge in [-0.1, -0.05) is 24.1 Å². The van der Waals surface area contributed by atoms with Gasteiger partial charge in [-0.25, -0.2) is 13.7 Å². The van der Waals surface area contributed by atoms with Crippen molar-refractivity contribution in [3.8, 4) is 5.75 Å². The Bertz CT molecular complexity index is 1670. The van der Waals surface area contributed by atoms with Crippen LogP contribution in [0.25, 0.3) is 0 Å². The predicted octanol–water partition coefficient (Wildman–Crippen LogP) is 4.88. The van der Waals surface area contributed by atoms with Crippen LogP contribution in [0.15, 0.2) is 54.1 Å². The van der Waals surface area contributed by atoms with Crippen LogP contribution in [0.3, 0.4) is 0 Å². The van der Waals surface area contributed by atoms with Crippen LogP contribution in [0.4, 0.5) is 14.5 Å². The molecule has 2 aliphatic carbocycles. The van der Waals surface area contributed by atoms with Crippen LogP contribution >= 0.6 is 23.2 Å². The van der Waals surface area contributed by atoms with Crippen molar-refractivity contribution in [2.45, 2.75) is 54.2 Å². The first-order valence-corrected chi connectivity index (χ1v) is 15.3. The van der Waals surface area contributed by atoms with E-state index in [-0.39, 0.29) is 43.0 Å². The second-order valence-electron chi connectivity index (χ2n) is 12.0. The average Bonchev–Trinajstić information content (AvgIpc) is 3.32. The molecule has 2 saturated heterocycles. The number of phenolic OH excluding ortho intramolecular Hbond substituents is 1. The van der Waals surface area contributed by atoms with Crippen LogP contribution in [0, 0.1) is 29.4 Å². The molecule has 4 aliphatic rings. The Morgan fingerprint density at radius 3 is 2.31 bits per heavy atom. The molecule has 0 spiro atoms. The predicted molar refractivity (Wildman–Crippen MR) is 157 cm³/mol. The van der Waals surface area contributed by atoms with Crippen LogP contribution in [-0.2, 0) is 24.0 Å². The van der Waals surface area contributed by atoms with E-state index in [1.807, 2.05) is 0 Å². The molecule has 0 radical (unpaired) electrons. The van der Waals surface area contributed by atoms with Crippen molar-refractivity contribution in [2.24, 2.45) is 17.8 Å². The second kappa shape index (κ2) is 11.2. The molecule has 45 heavy (non-hydrogen) atoms. The van der Waals surface area contributed by atoms with Crippen LogP contribution < -0.4 is 4.90 Å². The lowest BCUT2D eigenvalue weighted by atomic mass is 9.56. The molecule has 2 heterocycles. The number of aliphatic carboxylic acids is 1. The number of carboxylic acids is 1. The van der Waals surface area contributed by atoms with Gasteiger partial charge in [0.05, 0.1) is 17.5 Å². The van der Waals surface area contributed by atoms with E-state index >= 15 is 0 Å². The molecule has 2 aliphatic heterocycles. The van der Waals surface area contributed by atoms with Crippen LogP contribution in [0.5, 0.6) is 5.75 Å². The zero-order chi connectivity index (χ0) is 32.4. The Hall–Kier alpha value is -3.83. The largest absolute Gasteiger partial charge is 0.505 e. The summed E-state index contributed by atoms with van der Waals surface area (Å²) in [7, 11) is 0. The summed E-state index contributed by atoms with van der Waals surface area (Å²) in [6, 6.07) is 8.05. The molecule has 4 amide bonds. The number of hydrogen-bond donors (Lipinski definition) is 2. The van der Waals surface area contributed by atoms with Gasteiger partial charge >= 0.3 is 5.97 Å². The fourth-order valence-corrected chi connectivity index (χ4v) is 8.42. The van der Waals surface area contributed by atoms with Gasteiger partial charge in [0.1, 0.15) is 5.82 Å². The molecule has 6 atom stereocenters. The number of alkyl halides is 2. The Labute approximate surface area is 266 Å². The van der Waals surface area contributed by atoms with Crippen molar-refractivity contribution in [2.75, 3.05) is 11.4 Å². The topological polar surface area (TPSA) is 132 Å². The lowest BCUT2D eigenvalue weighted by Crippen LogP contribution is -2.60. The molecule has 9 nitrogen and oxygen atoms in total. The fourth-order valence-electron chi connectivity index (χ4n) is 7.48. The maximum absolute atomic E-state index is 14.8. The number of allylic oxidation sites excluding steroid dienone is 2. The van der Waals surface area contributed by atoms with Crippen molar-refractivity contribution >= 4 is 58.5 Å². The molecule has 2 aromatic carbocycles. The van der Waals surface area contributed by atoms with Gasteiger partial charge in [0, 0.05) is 18.9 Å². The zero-order valence-electron chi connectivity index (χ0n) is 23.7. The van der Waals surface area contributed by atoms with Gasteiger partial charge in [-0.3, -0.25) is 28.9 Å². The number of carboxylic acid groups (broad SMARTS) is 1.